The van der Waals surface area contributed by atoms with E-state index in [0.717, 1.165) is 16.7 Å². The van der Waals surface area contributed by atoms with Crippen molar-refractivity contribution in [3.63, 3.8) is 0 Å². The van der Waals surface area contributed by atoms with Gasteiger partial charge in [0.25, 0.3) is 0 Å². The van der Waals surface area contributed by atoms with Gasteiger partial charge in [0.1, 0.15) is 22.1 Å². The van der Waals surface area contributed by atoms with E-state index in [9.17, 15) is 8.42 Å². The van der Waals surface area contributed by atoms with Gasteiger partial charge < -0.3 is 14.2 Å². The Morgan fingerprint density at radius 2 is 1.40 bits per heavy atom. The lowest BCUT2D eigenvalue weighted by atomic mass is 10.1. The summed E-state index contributed by atoms with van der Waals surface area (Å²) in [7, 11) is 0.807. The predicted octanol–water partition coefficient (Wildman–Crippen LogP) is 2.81. The van der Waals surface area contributed by atoms with Gasteiger partial charge in [-0.25, -0.2) is 13.1 Å². The number of aryl methyl sites for hydroxylation is 2. The van der Waals surface area contributed by atoms with Crippen molar-refractivity contribution in [3.8, 4) is 17.2 Å². The third-order valence-corrected chi connectivity index (χ3v) is 5.37. The van der Waals surface area contributed by atoms with Crippen LogP contribution in [0, 0.1) is 13.8 Å². The van der Waals surface area contributed by atoms with E-state index in [1.54, 1.807) is 44.6 Å². The molecule has 0 aliphatic rings. The molecule has 0 spiro atoms. The van der Waals surface area contributed by atoms with E-state index in [1.807, 2.05) is 13.8 Å². The number of nitrogens with one attached hydrogen (secondary N) is 1. The number of sulfonamides is 1. The second-order valence-electron chi connectivity index (χ2n) is 5.63. The van der Waals surface area contributed by atoms with Gasteiger partial charge in [0.2, 0.25) is 10.0 Å². The first kappa shape index (κ1) is 19.1. The number of rotatable bonds is 7. The maximum atomic E-state index is 12.7. The minimum atomic E-state index is -3.74. The minimum Gasteiger partial charge on any atom is -0.497 e. The topological polar surface area (TPSA) is 73.9 Å². The lowest BCUT2D eigenvalue weighted by molar-refractivity contribution is 0.393. The summed E-state index contributed by atoms with van der Waals surface area (Å²) in [5.41, 5.74) is 2.57. The Bertz CT molecular complexity index is 840. The molecule has 0 aliphatic heterocycles. The van der Waals surface area contributed by atoms with E-state index in [-0.39, 0.29) is 11.4 Å². The monoisotopic (exact) mass is 365 g/mol. The van der Waals surface area contributed by atoms with Gasteiger partial charge in [-0.2, -0.15) is 0 Å². The van der Waals surface area contributed by atoms with E-state index in [2.05, 4.69) is 4.72 Å². The van der Waals surface area contributed by atoms with E-state index in [4.69, 9.17) is 14.2 Å². The predicted molar refractivity (Wildman–Crippen MR) is 96.0 cm³/mol. The molecule has 0 unspecified atom stereocenters. The highest BCUT2D eigenvalue weighted by atomic mass is 32.2. The second kappa shape index (κ2) is 7.76. The SMILES string of the molecule is COc1cc(CNS(=O)(=O)c2cc(C)c(C)cc2OC)cc(OC)c1. The summed E-state index contributed by atoms with van der Waals surface area (Å²) in [6.07, 6.45) is 0. The van der Waals surface area contributed by atoms with Crippen molar-refractivity contribution in [1.82, 2.24) is 4.72 Å². The molecule has 25 heavy (non-hydrogen) atoms. The quantitative estimate of drug-likeness (QED) is 0.817. The molecule has 0 fully saturated rings. The van der Waals surface area contributed by atoms with Crippen molar-refractivity contribution in [1.29, 1.82) is 0 Å². The van der Waals surface area contributed by atoms with Crippen LogP contribution in [0.15, 0.2) is 35.2 Å². The molecule has 2 rings (SSSR count). The molecular formula is C18H23NO5S. The molecule has 0 atom stereocenters. The normalized spacial score (nSPS) is 11.2. The molecule has 136 valence electrons. The summed E-state index contributed by atoms with van der Waals surface area (Å²) in [5.74, 6) is 1.51. The molecule has 0 heterocycles. The van der Waals surface area contributed by atoms with Crippen LogP contribution in [0.2, 0.25) is 0 Å². The smallest absolute Gasteiger partial charge is 0.244 e. The molecule has 0 amide bonds. The average Bonchev–Trinajstić information content (AvgIpc) is 2.61. The van der Waals surface area contributed by atoms with Crippen molar-refractivity contribution >= 4 is 10.0 Å². The van der Waals surface area contributed by atoms with Gasteiger partial charge in [-0.15, -0.1) is 0 Å². The zero-order valence-corrected chi connectivity index (χ0v) is 15.9. The Kier molecular flexibility index (Phi) is 5.92. The van der Waals surface area contributed by atoms with Gasteiger partial charge >= 0.3 is 0 Å². The number of hydrogen-bond donors (Lipinski definition) is 1. The zero-order chi connectivity index (χ0) is 18.6. The number of methoxy groups -OCH3 is 3. The summed E-state index contributed by atoms with van der Waals surface area (Å²) >= 11 is 0. The van der Waals surface area contributed by atoms with Crippen molar-refractivity contribution in [2.24, 2.45) is 0 Å². The van der Waals surface area contributed by atoms with Gasteiger partial charge in [-0.1, -0.05) is 0 Å². The molecule has 1 N–H and O–H groups in total. The van der Waals surface area contributed by atoms with Crippen LogP contribution in [-0.2, 0) is 16.6 Å². The van der Waals surface area contributed by atoms with E-state index < -0.39 is 10.0 Å². The molecule has 0 aromatic heterocycles. The highest BCUT2D eigenvalue weighted by Crippen LogP contribution is 2.28. The van der Waals surface area contributed by atoms with E-state index >= 15 is 0 Å². The van der Waals surface area contributed by atoms with Crippen LogP contribution in [0.3, 0.4) is 0 Å². The molecule has 0 bridgehead atoms. The van der Waals surface area contributed by atoms with Gasteiger partial charge in [0, 0.05) is 12.6 Å². The number of ether oxygens (including phenoxy) is 3. The van der Waals surface area contributed by atoms with Crippen LogP contribution >= 0.6 is 0 Å². The van der Waals surface area contributed by atoms with E-state index in [1.165, 1.54) is 7.11 Å². The summed E-state index contributed by atoms with van der Waals surface area (Å²) in [4.78, 5) is 0.118. The maximum Gasteiger partial charge on any atom is 0.244 e. The molecule has 6 nitrogen and oxygen atoms in total. The first-order valence-electron chi connectivity index (χ1n) is 7.67. The van der Waals surface area contributed by atoms with Crippen LogP contribution in [0.25, 0.3) is 0 Å². The Morgan fingerprint density at radius 3 is 1.92 bits per heavy atom. The van der Waals surface area contributed by atoms with Gasteiger partial charge in [0.05, 0.1) is 21.3 Å². The summed E-state index contributed by atoms with van der Waals surface area (Å²) in [6.45, 7) is 3.87. The highest BCUT2D eigenvalue weighted by Gasteiger charge is 2.20. The molecule has 0 aliphatic carbocycles. The molecule has 7 heteroatoms. The molecular weight excluding hydrogens is 342 g/mol. The van der Waals surface area contributed by atoms with Gasteiger partial charge in [0.15, 0.2) is 0 Å². The van der Waals surface area contributed by atoms with Gasteiger partial charge in [-0.3, -0.25) is 0 Å². The third-order valence-electron chi connectivity index (χ3n) is 3.95. The van der Waals surface area contributed by atoms with Crippen LogP contribution in [0.1, 0.15) is 16.7 Å². The average molecular weight is 365 g/mol. The van der Waals surface area contributed by atoms with Crippen LogP contribution in [0.4, 0.5) is 0 Å². The molecule has 0 radical (unpaired) electrons. The summed E-state index contributed by atoms with van der Waals surface area (Å²) in [5, 5.41) is 0. The summed E-state index contributed by atoms with van der Waals surface area (Å²) in [6, 6.07) is 8.57. The molecule has 0 saturated heterocycles. The minimum absolute atomic E-state index is 0.103. The molecule has 2 aromatic rings. The third kappa shape index (κ3) is 4.43. The number of benzene rings is 2. The zero-order valence-electron chi connectivity index (χ0n) is 15.0. The fourth-order valence-corrected chi connectivity index (χ4v) is 3.61. The van der Waals surface area contributed by atoms with Gasteiger partial charge in [-0.05, 0) is 54.8 Å². The van der Waals surface area contributed by atoms with Crippen LogP contribution in [0.5, 0.6) is 17.2 Å². The number of hydrogen-bond acceptors (Lipinski definition) is 5. The lowest BCUT2D eigenvalue weighted by Crippen LogP contribution is -2.24. The Balaban J connectivity index is 2.30. The van der Waals surface area contributed by atoms with Crippen LogP contribution in [-0.4, -0.2) is 29.7 Å². The first-order chi connectivity index (χ1) is 11.8. The Morgan fingerprint density at radius 1 is 0.840 bits per heavy atom. The standard InChI is InChI=1S/C18H23NO5S/c1-12-6-17(24-5)18(7-13(12)2)25(20,21)19-11-14-8-15(22-3)10-16(9-14)23-4/h6-10,19H,11H2,1-5H3. The van der Waals surface area contributed by atoms with Crippen LogP contribution < -0.4 is 18.9 Å². The summed E-state index contributed by atoms with van der Waals surface area (Å²) < 4.78 is 43.6. The van der Waals surface area contributed by atoms with Crippen molar-refractivity contribution < 1.29 is 22.6 Å². The first-order valence-corrected chi connectivity index (χ1v) is 9.16. The fourth-order valence-electron chi connectivity index (χ4n) is 2.36. The molecule has 0 saturated carbocycles. The molecule has 2 aromatic carbocycles. The largest absolute Gasteiger partial charge is 0.497 e. The van der Waals surface area contributed by atoms with Crippen molar-refractivity contribution in [2.45, 2.75) is 25.3 Å². The van der Waals surface area contributed by atoms with E-state index in [0.29, 0.717) is 17.2 Å². The van der Waals surface area contributed by atoms with Crippen molar-refractivity contribution in [3.05, 3.63) is 47.0 Å². The fraction of sp³-hybridized carbons (Fsp3) is 0.333. The Labute approximate surface area is 148 Å². The second-order valence-corrected chi connectivity index (χ2v) is 7.37. The lowest BCUT2D eigenvalue weighted by Gasteiger charge is -2.14. The Hall–Kier alpha value is -2.25. The van der Waals surface area contributed by atoms with Crippen molar-refractivity contribution in [2.75, 3.05) is 21.3 Å². The maximum absolute atomic E-state index is 12.7. The highest BCUT2D eigenvalue weighted by molar-refractivity contribution is 7.89.